The first kappa shape index (κ1) is 21.7. The van der Waals surface area contributed by atoms with Gasteiger partial charge in [0.05, 0.1) is 31.6 Å². The molecule has 0 atom stereocenters. The van der Waals surface area contributed by atoms with Crippen LogP contribution in [0.15, 0.2) is 54.6 Å². The molecule has 9 nitrogen and oxygen atoms in total. The Morgan fingerprint density at radius 2 is 1.74 bits per heavy atom. The van der Waals surface area contributed by atoms with Gasteiger partial charge in [0.2, 0.25) is 0 Å². The van der Waals surface area contributed by atoms with E-state index in [4.69, 9.17) is 19.9 Å². The number of methoxy groups -OCH3 is 1. The van der Waals surface area contributed by atoms with Gasteiger partial charge in [0.1, 0.15) is 18.1 Å². The number of ether oxygens (including phenoxy) is 3. The number of benzene rings is 2. The highest BCUT2D eigenvalue weighted by molar-refractivity contribution is 5.89. The number of carbonyl (C=O) groups is 2. The molecule has 1 heterocycles. The lowest BCUT2D eigenvalue weighted by atomic mass is 10.1. The molecule has 0 saturated heterocycles. The first-order valence-electron chi connectivity index (χ1n) is 9.70. The number of primary amides is 1. The standard InChI is InChI=1S/C22H24N4O5/c1-3-30-21(27)19-14-20(26(25-19)16-6-10-17(29-2)11-7-16)15-4-8-18(9-5-15)31-13-12-24-22(23)28/h4-11,14H,3,12-13H2,1-2H3,(H3,23,24,28). The van der Waals surface area contributed by atoms with E-state index in [1.54, 1.807) is 36.9 Å². The van der Waals surface area contributed by atoms with Crippen LogP contribution in [0.3, 0.4) is 0 Å². The van der Waals surface area contributed by atoms with Crippen LogP contribution in [-0.4, -0.2) is 48.6 Å². The van der Waals surface area contributed by atoms with Crippen molar-refractivity contribution in [3.05, 3.63) is 60.3 Å². The lowest BCUT2D eigenvalue weighted by molar-refractivity contribution is 0.0519. The topological polar surface area (TPSA) is 118 Å². The lowest BCUT2D eigenvalue weighted by Gasteiger charge is -2.10. The minimum absolute atomic E-state index is 0.213. The number of carbonyl (C=O) groups excluding carboxylic acids is 2. The van der Waals surface area contributed by atoms with Gasteiger partial charge >= 0.3 is 12.0 Å². The second kappa shape index (κ2) is 10.1. The average Bonchev–Trinajstić information content (AvgIpc) is 3.23. The third-order valence-corrected chi connectivity index (χ3v) is 4.33. The number of nitrogens with zero attached hydrogens (tertiary/aromatic N) is 2. The van der Waals surface area contributed by atoms with Crippen molar-refractivity contribution < 1.29 is 23.8 Å². The van der Waals surface area contributed by atoms with Gasteiger partial charge in [0.15, 0.2) is 5.69 Å². The summed E-state index contributed by atoms with van der Waals surface area (Å²) in [6.07, 6.45) is 0. The van der Waals surface area contributed by atoms with E-state index in [0.29, 0.717) is 18.9 Å². The Kier molecular flexibility index (Phi) is 7.10. The Hall–Kier alpha value is -4.01. The Morgan fingerprint density at radius 1 is 1.06 bits per heavy atom. The van der Waals surface area contributed by atoms with Gasteiger partial charge in [-0.15, -0.1) is 0 Å². The third kappa shape index (κ3) is 5.53. The molecule has 1 aromatic heterocycles. The summed E-state index contributed by atoms with van der Waals surface area (Å²) in [5.41, 5.74) is 7.56. The molecule has 3 aromatic rings. The molecule has 9 heteroatoms. The number of aromatic nitrogens is 2. The molecule has 0 aliphatic rings. The number of urea groups is 1. The predicted molar refractivity (Wildman–Crippen MR) is 115 cm³/mol. The summed E-state index contributed by atoms with van der Waals surface area (Å²) >= 11 is 0. The lowest BCUT2D eigenvalue weighted by Crippen LogP contribution is -2.32. The average molecular weight is 424 g/mol. The summed E-state index contributed by atoms with van der Waals surface area (Å²) < 4.78 is 17.6. The largest absolute Gasteiger partial charge is 0.497 e. The van der Waals surface area contributed by atoms with Crippen LogP contribution in [-0.2, 0) is 4.74 Å². The number of amides is 2. The molecular weight excluding hydrogens is 400 g/mol. The molecule has 2 aromatic carbocycles. The normalized spacial score (nSPS) is 10.4. The maximum atomic E-state index is 12.2. The van der Waals surface area contributed by atoms with E-state index in [-0.39, 0.29) is 12.3 Å². The third-order valence-electron chi connectivity index (χ3n) is 4.33. The van der Waals surface area contributed by atoms with Crippen LogP contribution in [0.25, 0.3) is 16.9 Å². The van der Waals surface area contributed by atoms with Gasteiger partial charge in [-0.3, -0.25) is 0 Å². The number of hydrogen-bond acceptors (Lipinski definition) is 6. The second-order valence-electron chi connectivity index (χ2n) is 6.41. The molecule has 31 heavy (non-hydrogen) atoms. The van der Waals surface area contributed by atoms with Crippen molar-refractivity contribution in [3.63, 3.8) is 0 Å². The quantitative estimate of drug-likeness (QED) is 0.403. The maximum Gasteiger partial charge on any atom is 0.358 e. The van der Waals surface area contributed by atoms with Gasteiger partial charge < -0.3 is 25.3 Å². The van der Waals surface area contributed by atoms with Crippen LogP contribution in [0, 0.1) is 0 Å². The van der Waals surface area contributed by atoms with Gasteiger partial charge in [-0.25, -0.2) is 14.3 Å². The van der Waals surface area contributed by atoms with E-state index in [9.17, 15) is 9.59 Å². The Balaban J connectivity index is 1.87. The van der Waals surface area contributed by atoms with Crippen LogP contribution in [0.5, 0.6) is 11.5 Å². The molecule has 2 amide bonds. The zero-order chi connectivity index (χ0) is 22.2. The van der Waals surface area contributed by atoms with Crippen LogP contribution in [0.2, 0.25) is 0 Å². The summed E-state index contributed by atoms with van der Waals surface area (Å²) in [5, 5.41) is 6.91. The molecule has 3 N–H and O–H groups in total. The summed E-state index contributed by atoms with van der Waals surface area (Å²) in [6, 6.07) is 15.8. The van der Waals surface area contributed by atoms with Gasteiger partial charge in [-0.2, -0.15) is 5.10 Å². The molecular formula is C22H24N4O5. The van der Waals surface area contributed by atoms with E-state index >= 15 is 0 Å². The van der Waals surface area contributed by atoms with Crippen molar-refractivity contribution in [1.82, 2.24) is 15.1 Å². The Morgan fingerprint density at radius 3 is 2.35 bits per heavy atom. The van der Waals surface area contributed by atoms with Crippen molar-refractivity contribution in [1.29, 1.82) is 0 Å². The smallest absolute Gasteiger partial charge is 0.358 e. The fraction of sp³-hybridized carbons (Fsp3) is 0.227. The van der Waals surface area contributed by atoms with Crippen LogP contribution >= 0.6 is 0 Å². The molecule has 0 aliphatic carbocycles. The minimum Gasteiger partial charge on any atom is -0.497 e. The molecule has 162 valence electrons. The first-order chi connectivity index (χ1) is 15.0. The summed E-state index contributed by atoms with van der Waals surface area (Å²) in [6.45, 7) is 2.61. The summed E-state index contributed by atoms with van der Waals surface area (Å²) in [4.78, 5) is 22.9. The van der Waals surface area contributed by atoms with E-state index in [2.05, 4.69) is 10.4 Å². The SMILES string of the molecule is CCOC(=O)c1cc(-c2ccc(OCCNC(N)=O)cc2)n(-c2ccc(OC)cc2)n1. The zero-order valence-electron chi connectivity index (χ0n) is 17.3. The molecule has 0 fully saturated rings. The maximum absolute atomic E-state index is 12.2. The van der Waals surface area contributed by atoms with Crippen molar-refractivity contribution >= 4 is 12.0 Å². The highest BCUT2D eigenvalue weighted by atomic mass is 16.5. The summed E-state index contributed by atoms with van der Waals surface area (Å²) in [7, 11) is 1.60. The van der Waals surface area contributed by atoms with E-state index in [0.717, 1.165) is 22.7 Å². The molecule has 3 rings (SSSR count). The first-order valence-corrected chi connectivity index (χ1v) is 9.70. The molecule has 0 radical (unpaired) electrons. The van der Waals surface area contributed by atoms with Crippen molar-refractivity contribution in [2.24, 2.45) is 5.73 Å². The fourth-order valence-electron chi connectivity index (χ4n) is 2.88. The monoisotopic (exact) mass is 424 g/mol. The molecule has 0 aliphatic heterocycles. The highest BCUT2D eigenvalue weighted by Crippen LogP contribution is 2.27. The van der Waals surface area contributed by atoms with Crippen LogP contribution < -0.4 is 20.5 Å². The number of hydrogen-bond donors (Lipinski definition) is 2. The highest BCUT2D eigenvalue weighted by Gasteiger charge is 2.18. The van der Waals surface area contributed by atoms with E-state index < -0.39 is 12.0 Å². The Bertz CT molecular complexity index is 1030. The molecule has 0 spiro atoms. The summed E-state index contributed by atoms with van der Waals surface area (Å²) in [5.74, 6) is 0.865. The number of esters is 1. The zero-order valence-corrected chi connectivity index (χ0v) is 17.3. The van der Waals surface area contributed by atoms with E-state index in [1.807, 2.05) is 36.4 Å². The van der Waals surface area contributed by atoms with Crippen molar-refractivity contribution in [2.75, 3.05) is 26.9 Å². The molecule has 0 bridgehead atoms. The van der Waals surface area contributed by atoms with Crippen molar-refractivity contribution in [2.45, 2.75) is 6.92 Å². The van der Waals surface area contributed by atoms with Gasteiger partial charge in [-0.05, 0) is 61.5 Å². The van der Waals surface area contributed by atoms with Gasteiger partial charge in [-0.1, -0.05) is 0 Å². The van der Waals surface area contributed by atoms with Crippen LogP contribution in [0.4, 0.5) is 4.79 Å². The Labute approximate surface area is 179 Å². The molecule has 0 saturated carbocycles. The molecule has 0 unspecified atom stereocenters. The van der Waals surface area contributed by atoms with Gasteiger partial charge in [0.25, 0.3) is 0 Å². The van der Waals surface area contributed by atoms with Gasteiger partial charge in [0, 0.05) is 5.56 Å². The van der Waals surface area contributed by atoms with E-state index in [1.165, 1.54) is 0 Å². The minimum atomic E-state index is -0.594. The fourth-order valence-corrected chi connectivity index (χ4v) is 2.88. The van der Waals surface area contributed by atoms with Crippen LogP contribution in [0.1, 0.15) is 17.4 Å². The second-order valence-corrected chi connectivity index (χ2v) is 6.41. The number of rotatable bonds is 9. The number of nitrogens with two attached hydrogens (primary N) is 1. The van der Waals surface area contributed by atoms with Crippen molar-refractivity contribution in [3.8, 4) is 28.4 Å². The predicted octanol–water partition coefficient (Wildman–Crippen LogP) is 2.77. The number of nitrogens with one attached hydrogen (secondary N) is 1.